The van der Waals surface area contributed by atoms with Gasteiger partial charge < -0.3 is 14.6 Å². The Labute approximate surface area is 115 Å². The lowest BCUT2D eigenvalue weighted by Crippen LogP contribution is -2.11. The SMILES string of the molecule is CCOCCCNc1nccn1CCCCSC. The Kier molecular flexibility index (Phi) is 8.77. The third-order valence-corrected chi connectivity index (χ3v) is 3.36. The normalized spacial score (nSPS) is 10.8. The van der Waals surface area contributed by atoms with Gasteiger partial charge in [0.2, 0.25) is 5.95 Å². The van der Waals surface area contributed by atoms with Crippen molar-refractivity contribution in [3.63, 3.8) is 0 Å². The number of unbranched alkanes of at least 4 members (excludes halogenated alkanes) is 1. The molecule has 0 radical (unpaired) electrons. The minimum atomic E-state index is 0.796. The maximum Gasteiger partial charge on any atom is 0.202 e. The van der Waals surface area contributed by atoms with E-state index in [9.17, 15) is 0 Å². The third kappa shape index (κ3) is 6.31. The van der Waals surface area contributed by atoms with Crippen molar-refractivity contribution < 1.29 is 4.74 Å². The lowest BCUT2D eigenvalue weighted by atomic mass is 10.3. The molecule has 0 bridgehead atoms. The summed E-state index contributed by atoms with van der Waals surface area (Å²) >= 11 is 1.91. The average Bonchev–Trinajstić information content (AvgIpc) is 2.82. The lowest BCUT2D eigenvalue weighted by Gasteiger charge is -2.09. The highest BCUT2D eigenvalue weighted by molar-refractivity contribution is 7.98. The molecule has 0 aliphatic rings. The van der Waals surface area contributed by atoms with E-state index in [0.717, 1.165) is 38.7 Å². The highest BCUT2D eigenvalue weighted by atomic mass is 32.2. The van der Waals surface area contributed by atoms with Crippen molar-refractivity contribution in [1.29, 1.82) is 0 Å². The smallest absolute Gasteiger partial charge is 0.202 e. The lowest BCUT2D eigenvalue weighted by molar-refractivity contribution is 0.147. The molecule has 18 heavy (non-hydrogen) atoms. The first-order valence-corrected chi connectivity index (χ1v) is 8.09. The molecule has 0 unspecified atom stereocenters. The van der Waals surface area contributed by atoms with E-state index in [1.54, 1.807) is 0 Å². The van der Waals surface area contributed by atoms with E-state index in [1.807, 2.05) is 31.1 Å². The first kappa shape index (κ1) is 15.4. The van der Waals surface area contributed by atoms with Gasteiger partial charge in [0.15, 0.2) is 0 Å². The fraction of sp³-hybridized carbons (Fsp3) is 0.769. The molecule has 0 amide bonds. The summed E-state index contributed by atoms with van der Waals surface area (Å²) in [6, 6.07) is 0. The molecule has 0 aromatic carbocycles. The van der Waals surface area contributed by atoms with E-state index in [1.165, 1.54) is 18.6 Å². The number of hydrogen-bond acceptors (Lipinski definition) is 4. The topological polar surface area (TPSA) is 39.1 Å². The number of ether oxygens (including phenoxy) is 1. The number of thioether (sulfide) groups is 1. The van der Waals surface area contributed by atoms with Crippen LogP contribution in [0.2, 0.25) is 0 Å². The van der Waals surface area contributed by atoms with E-state index >= 15 is 0 Å². The summed E-state index contributed by atoms with van der Waals surface area (Å²) in [4.78, 5) is 4.34. The van der Waals surface area contributed by atoms with Gasteiger partial charge in [0.1, 0.15) is 0 Å². The number of aryl methyl sites for hydroxylation is 1. The van der Waals surface area contributed by atoms with Crippen molar-refractivity contribution in [2.24, 2.45) is 0 Å². The monoisotopic (exact) mass is 271 g/mol. The van der Waals surface area contributed by atoms with Gasteiger partial charge in [-0.2, -0.15) is 11.8 Å². The number of nitrogens with zero attached hydrogens (tertiary/aromatic N) is 2. The second kappa shape index (κ2) is 10.3. The van der Waals surface area contributed by atoms with Crippen molar-refractivity contribution in [1.82, 2.24) is 9.55 Å². The quantitative estimate of drug-likeness (QED) is 0.628. The Morgan fingerprint density at radius 3 is 3.06 bits per heavy atom. The molecule has 0 spiro atoms. The standard InChI is InChI=1S/C13H25N3OS/c1-3-17-11-6-7-14-13-15-8-10-16(13)9-4-5-12-18-2/h8,10H,3-7,9,11-12H2,1-2H3,(H,14,15). The molecule has 0 atom stereocenters. The highest BCUT2D eigenvalue weighted by Gasteiger charge is 2.01. The molecule has 104 valence electrons. The van der Waals surface area contributed by atoms with Crippen LogP contribution in [0.15, 0.2) is 12.4 Å². The van der Waals surface area contributed by atoms with Gasteiger partial charge in [-0.1, -0.05) is 0 Å². The zero-order valence-corrected chi connectivity index (χ0v) is 12.3. The molecule has 4 nitrogen and oxygen atoms in total. The molecule has 0 fully saturated rings. The first-order valence-electron chi connectivity index (χ1n) is 6.70. The molecule has 0 aliphatic carbocycles. The van der Waals surface area contributed by atoms with E-state index in [2.05, 4.69) is 21.1 Å². The number of hydrogen-bond donors (Lipinski definition) is 1. The predicted molar refractivity (Wildman–Crippen MR) is 79.4 cm³/mol. The molecule has 1 aromatic heterocycles. The molecule has 1 heterocycles. The van der Waals surface area contributed by atoms with Gasteiger partial charge in [-0.05, 0) is 38.2 Å². The summed E-state index contributed by atoms with van der Waals surface area (Å²) in [5.41, 5.74) is 0. The predicted octanol–water partition coefficient (Wildman–Crippen LogP) is 2.86. The van der Waals surface area contributed by atoms with E-state index < -0.39 is 0 Å². The van der Waals surface area contributed by atoms with Crippen molar-refractivity contribution in [3.05, 3.63) is 12.4 Å². The van der Waals surface area contributed by atoms with Crippen LogP contribution in [0.25, 0.3) is 0 Å². The Morgan fingerprint density at radius 2 is 2.28 bits per heavy atom. The van der Waals surface area contributed by atoms with Crippen LogP contribution in [-0.2, 0) is 11.3 Å². The van der Waals surface area contributed by atoms with Crippen LogP contribution in [0.4, 0.5) is 5.95 Å². The van der Waals surface area contributed by atoms with Gasteiger partial charge in [0.25, 0.3) is 0 Å². The van der Waals surface area contributed by atoms with Gasteiger partial charge in [-0.3, -0.25) is 0 Å². The van der Waals surface area contributed by atoms with Gasteiger partial charge in [0, 0.05) is 38.7 Å². The molecular formula is C13H25N3OS. The molecule has 1 rings (SSSR count). The average molecular weight is 271 g/mol. The van der Waals surface area contributed by atoms with Crippen LogP contribution in [0.3, 0.4) is 0 Å². The van der Waals surface area contributed by atoms with Crippen molar-refractivity contribution >= 4 is 17.7 Å². The van der Waals surface area contributed by atoms with Crippen molar-refractivity contribution in [2.45, 2.75) is 32.7 Å². The van der Waals surface area contributed by atoms with Crippen LogP contribution in [-0.4, -0.2) is 41.3 Å². The Balaban J connectivity index is 2.18. The Bertz CT molecular complexity index is 304. The highest BCUT2D eigenvalue weighted by Crippen LogP contribution is 2.08. The van der Waals surface area contributed by atoms with Crippen LogP contribution in [0.1, 0.15) is 26.2 Å². The zero-order chi connectivity index (χ0) is 13.1. The number of imidazole rings is 1. The minimum absolute atomic E-state index is 0.796. The van der Waals surface area contributed by atoms with E-state index in [4.69, 9.17) is 4.74 Å². The molecule has 0 saturated heterocycles. The van der Waals surface area contributed by atoms with Crippen molar-refractivity contribution in [2.75, 3.05) is 37.1 Å². The summed E-state index contributed by atoms with van der Waals surface area (Å²) in [6.07, 6.45) is 9.56. The summed E-state index contributed by atoms with van der Waals surface area (Å²) in [7, 11) is 0. The van der Waals surface area contributed by atoms with Gasteiger partial charge >= 0.3 is 0 Å². The zero-order valence-electron chi connectivity index (χ0n) is 11.5. The molecular weight excluding hydrogens is 246 g/mol. The summed E-state index contributed by atoms with van der Waals surface area (Å²) < 4.78 is 7.50. The fourth-order valence-corrected chi connectivity index (χ4v) is 2.20. The van der Waals surface area contributed by atoms with Gasteiger partial charge in [-0.15, -0.1) is 0 Å². The van der Waals surface area contributed by atoms with Gasteiger partial charge in [0.05, 0.1) is 0 Å². The molecule has 1 aromatic rings. The second-order valence-corrected chi connectivity index (χ2v) is 5.11. The summed E-state index contributed by atoms with van der Waals surface area (Å²) in [5, 5.41) is 3.36. The van der Waals surface area contributed by atoms with E-state index in [-0.39, 0.29) is 0 Å². The molecule has 1 N–H and O–H groups in total. The summed E-state index contributed by atoms with van der Waals surface area (Å²) in [5.74, 6) is 2.22. The van der Waals surface area contributed by atoms with Crippen LogP contribution in [0.5, 0.6) is 0 Å². The maximum atomic E-state index is 5.31. The maximum absolute atomic E-state index is 5.31. The summed E-state index contributed by atoms with van der Waals surface area (Å²) in [6.45, 7) is 5.60. The molecule has 0 saturated carbocycles. The second-order valence-electron chi connectivity index (χ2n) is 4.12. The molecule has 5 heteroatoms. The Morgan fingerprint density at radius 1 is 1.39 bits per heavy atom. The van der Waals surface area contributed by atoms with Crippen LogP contribution >= 0.6 is 11.8 Å². The van der Waals surface area contributed by atoms with Crippen molar-refractivity contribution in [3.8, 4) is 0 Å². The number of aromatic nitrogens is 2. The van der Waals surface area contributed by atoms with Gasteiger partial charge in [-0.25, -0.2) is 4.98 Å². The largest absolute Gasteiger partial charge is 0.382 e. The third-order valence-electron chi connectivity index (χ3n) is 2.67. The number of nitrogens with one attached hydrogen (secondary N) is 1. The van der Waals surface area contributed by atoms with Crippen LogP contribution < -0.4 is 5.32 Å². The molecule has 0 aliphatic heterocycles. The number of anilines is 1. The van der Waals surface area contributed by atoms with Crippen LogP contribution in [0, 0.1) is 0 Å². The number of rotatable bonds is 11. The van der Waals surface area contributed by atoms with E-state index in [0.29, 0.717) is 0 Å². The first-order chi connectivity index (χ1) is 8.88. The Hall–Kier alpha value is -0.680. The minimum Gasteiger partial charge on any atom is -0.382 e. The fourth-order valence-electron chi connectivity index (χ4n) is 1.70.